The van der Waals surface area contributed by atoms with Gasteiger partial charge in [-0.3, -0.25) is 5.32 Å². The molecule has 0 aromatic carbocycles. The van der Waals surface area contributed by atoms with E-state index in [4.69, 9.17) is 10.00 Å². The third-order valence-corrected chi connectivity index (χ3v) is 2.04. The fourth-order valence-electron chi connectivity index (χ4n) is 1.05. The predicted octanol–water partition coefficient (Wildman–Crippen LogP) is 2.08. The second-order valence-corrected chi connectivity index (χ2v) is 3.78. The summed E-state index contributed by atoms with van der Waals surface area (Å²) in [6.07, 6.45) is 3.23. The summed E-state index contributed by atoms with van der Waals surface area (Å²) in [4.78, 5) is 0. The van der Waals surface area contributed by atoms with Gasteiger partial charge in [0.05, 0.1) is 12.7 Å². The van der Waals surface area contributed by atoms with Gasteiger partial charge in [0.2, 0.25) is 0 Å². The van der Waals surface area contributed by atoms with Crippen LogP contribution in [-0.2, 0) is 4.74 Å². The van der Waals surface area contributed by atoms with Crippen LogP contribution in [0.4, 0.5) is 0 Å². The minimum atomic E-state index is -0.524. The van der Waals surface area contributed by atoms with Gasteiger partial charge in [-0.2, -0.15) is 5.26 Å². The van der Waals surface area contributed by atoms with Crippen molar-refractivity contribution < 1.29 is 4.74 Å². The zero-order valence-electron chi connectivity index (χ0n) is 9.60. The molecule has 1 unspecified atom stereocenters. The first-order valence-electron chi connectivity index (χ1n) is 5.42. The molecular formula is C11H22N2O. The van der Waals surface area contributed by atoms with E-state index < -0.39 is 5.54 Å². The third kappa shape index (κ3) is 5.95. The molecule has 1 N–H and O–H groups in total. The number of unbranched alkanes of at least 4 members (excludes halogenated alkanes) is 1. The van der Waals surface area contributed by atoms with Crippen molar-refractivity contribution in [2.24, 2.45) is 0 Å². The van der Waals surface area contributed by atoms with Crippen LogP contribution >= 0.6 is 0 Å². The molecule has 0 aromatic rings. The summed E-state index contributed by atoms with van der Waals surface area (Å²) in [5.41, 5.74) is -0.524. The third-order valence-electron chi connectivity index (χ3n) is 2.04. The maximum Gasteiger partial charge on any atom is 0.127 e. The van der Waals surface area contributed by atoms with Crippen LogP contribution in [0.1, 0.15) is 40.0 Å². The van der Waals surface area contributed by atoms with Crippen molar-refractivity contribution in [2.75, 3.05) is 19.8 Å². The molecule has 82 valence electrons. The molecule has 1 atom stereocenters. The van der Waals surface area contributed by atoms with E-state index in [9.17, 15) is 0 Å². The van der Waals surface area contributed by atoms with Gasteiger partial charge < -0.3 is 4.74 Å². The Bertz CT molecular complexity index is 177. The lowest BCUT2D eigenvalue weighted by Crippen LogP contribution is -2.45. The molecule has 0 fully saturated rings. The first kappa shape index (κ1) is 13.4. The Morgan fingerprint density at radius 2 is 2.07 bits per heavy atom. The molecule has 0 spiro atoms. The number of hydrogen-bond acceptors (Lipinski definition) is 3. The Hall–Kier alpha value is -0.590. The largest absolute Gasteiger partial charge is 0.378 e. The summed E-state index contributed by atoms with van der Waals surface area (Å²) >= 11 is 0. The van der Waals surface area contributed by atoms with E-state index in [-0.39, 0.29) is 0 Å². The molecule has 0 aliphatic carbocycles. The van der Waals surface area contributed by atoms with Crippen molar-refractivity contribution in [3.05, 3.63) is 0 Å². The number of hydrogen-bond donors (Lipinski definition) is 1. The minimum absolute atomic E-state index is 0.476. The highest BCUT2D eigenvalue weighted by molar-refractivity contribution is 5.03. The summed E-state index contributed by atoms with van der Waals surface area (Å²) in [6.45, 7) is 8.19. The van der Waals surface area contributed by atoms with Crippen molar-refractivity contribution >= 4 is 0 Å². The summed E-state index contributed by atoms with van der Waals surface area (Å²) in [6, 6.07) is 2.25. The van der Waals surface area contributed by atoms with E-state index in [1.807, 2.05) is 6.92 Å². The normalized spacial score (nSPS) is 14.7. The number of nitrogens with zero attached hydrogens (tertiary/aromatic N) is 1. The van der Waals surface area contributed by atoms with Gasteiger partial charge in [-0.1, -0.05) is 20.3 Å². The molecule has 0 heterocycles. The highest BCUT2D eigenvalue weighted by atomic mass is 16.5. The number of rotatable bonds is 8. The Labute approximate surface area is 87.4 Å². The van der Waals surface area contributed by atoms with Crippen LogP contribution in [-0.4, -0.2) is 25.3 Å². The Morgan fingerprint density at radius 1 is 1.36 bits per heavy atom. The van der Waals surface area contributed by atoms with Gasteiger partial charge in [0.15, 0.2) is 0 Å². The van der Waals surface area contributed by atoms with Crippen molar-refractivity contribution in [3.63, 3.8) is 0 Å². The maximum atomic E-state index is 8.98. The van der Waals surface area contributed by atoms with E-state index in [1.165, 1.54) is 0 Å². The van der Waals surface area contributed by atoms with Gasteiger partial charge in [0, 0.05) is 6.61 Å². The quantitative estimate of drug-likeness (QED) is 0.607. The average Bonchev–Trinajstić information content (AvgIpc) is 2.22. The fourth-order valence-corrected chi connectivity index (χ4v) is 1.05. The van der Waals surface area contributed by atoms with Gasteiger partial charge in [-0.25, -0.2) is 0 Å². The van der Waals surface area contributed by atoms with Crippen molar-refractivity contribution in [1.29, 1.82) is 5.26 Å². The highest BCUT2D eigenvalue weighted by Crippen LogP contribution is 2.03. The second kappa shape index (κ2) is 7.78. The van der Waals surface area contributed by atoms with E-state index in [0.717, 1.165) is 32.4 Å². The molecule has 0 aliphatic heterocycles. The molecule has 0 amide bonds. The molecule has 3 nitrogen and oxygen atoms in total. The smallest absolute Gasteiger partial charge is 0.127 e. The highest BCUT2D eigenvalue weighted by Gasteiger charge is 2.22. The first-order valence-corrected chi connectivity index (χ1v) is 5.42. The number of nitrogens with one attached hydrogen (secondary N) is 1. The molecule has 0 aromatic heterocycles. The summed E-state index contributed by atoms with van der Waals surface area (Å²) in [5.74, 6) is 0. The Kier molecular flexibility index (Phi) is 7.45. The molecule has 0 saturated heterocycles. The van der Waals surface area contributed by atoms with Crippen LogP contribution in [0.5, 0.6) is 0 Å². The lowest BCUT2D eigenvalue weighted by atomic mass is 10.1. The molecular weight excluding hydrogens is 176 g/mol. The van der Waals surface area contributed by atoms with Crippen LogP contribution in [0, 0.1) is 11.3 Å². The molecule has 3 heteroatoms. The predicted molar refractivity (Wildman–Crippen MR) is 58.0 cm³/mol. The topological polar surface area (TPSA) is 45.0 Å². The van der Waals surface area contributed by atoms with Crippen LogP contribution in [0.25, 0.3) is 0 Å². The van der Waals surface area contributed by atoms with Gasteiger partial charge >= 0.3 is 0 Å². The molecule has 0 bridgehead atoms. The average molecular weight is 198 g/mol. The van der Waals surface area contributed by atoms with Gasteiger partial charge in [-0.05, 0) is 26.3 Å². The van der Waals surface area contributed by atoms with Crippen LogP contribution in [0.2, 0.25) is 0 Å². The monoisotopic (exact) mass is 198 g/mol. The minimum Gasteiger partial charge on any atom is -0.378 e. The number of ether oxygens (including phenoxy) is 1. The summed E-state index contributed by atoms with van der Waals surface area (Å²) < 4.78 is 5.44. The Morgan fingerprint density at radius 3 is 2.57 bits per heavy atom. The van der Waals surface area contributed by atoms with E-state index in [1.54, 1.807) is 0 Å². The Balaban J connectivity index is 3.70. The summed E-state index contributed by atoms with van der Waals surface area (Å²) in [5, 5.41) is 12.2. The lowest BCUT2D eigenvalue weighted by molar-refractivity contribution is 0.0933. The zero-order valence-corrected chi connectivity index (χ0v) is 9.60. The van der Waals surface area contributed by atoms with Gasteiger partial charge in [0.1, 0.15) is 5.54 Å². The van der Waals surface area contributed by atoms with Crippen LogP contribution in [0.3, 0.4) is 0 Å². The molecule has 0 saturated carbocycles. The van der Waals surface area contributed by atoms with Crippen molar-refractivity contribution in [3.8, 4) is 6.07 Å². The molecule has 0 aliphatic rings. The molecule has 0 radical (unpaired) electrons. The maximum absolute atomic E-state index is 8.98. The van der Waals surface area contributed by atoms with E-state index in [2.05, 4.69) is 25.2 Å². The fraction of sp³-hybridized carbons (Fsp3) is 0.909. The summed E-state index contributed by atoms with van der Waals surface area (Å²) in [7, 11) is 0. The second-order valence-electron chi connectivity index (χ2n) is 3.78. The number of nitriles is 1. The van der Waals surface area contributed by atoms with Gasteiger partial charge in [-0.15, -0.1) is 0 Å². The molecule has 14 heavy (non-hydrogen) atoms. The van der Waals surface area contributed by atoms with Crippen LogP contribution < -0.4 is 5.32 Å². The van der Waals surface area contributed by atoms with Crippen molar-refractivity contribution in [1.82, 2.24) is 5.32 Å². The van der Waals surface area contributed by atoms with E-state index in [0.29, 0.717) is 6.61 Å². The van der Waals surface area contributed by atoms with E-state index >= 15 is 0 Å². The first-order chi connectivity index (χ1) is 6.68. The SMILES string of the molecule is CCCCOCC(C)(C#N)NCCC. The zero-order chi connectivity index (χ0) is 10.9. The van der Waals surface area contributed by atoms with Crippen LogP contribution in [0.15, 0.2) is 0 Å². The standard InChI is InChI=1S/C11H22N2O/c1-4-6-8-14-10-11(3,9-12)13-7-5-2/h13H,4-8,10H2,1-3H3. The molecule has 0 rings (SSSR count). The lowest BCUT2D eigenvalue weighted by Gasteiger charge is -2.22. The van der Waals surface area contributed by atoms with Gasteiger partial charge in [0.25, 0.3) is 0 Å². The van der Waals surface area contributed by atoms with Crippen molar-refractivity contribution in [2.45, 2.75) is 45.6 Å².